The highest BCUT2D eigenvalue weighted by Gasteiger charge is 2.19. The predicted molar refractivity (Wildman–Crippen MR) is 124 cm³/mol. The molecule has 0 saturated heterocycles. The van der Waals surface area contributed by atoms with Crippen molar-refractivity contribution < 1.29 is 19.4 Å². The number of carbonyl (C=O) groups is 2. The lowest BCUT2D eigenvalue weighted by Crippen LogP contribution is -2.24. The Morgan fingerprint density at radius 1 is 0.676 bits per heavy atom. The van der Waals surface area contributed by atoms with E-state index < -0.39 is 21.7 Å². The van der Waals surface area contributed by atoms with Crippen LogP contribution in [-0.2, 0) is 13.1 Å². The zero-order valence-corrected chi connectivity index (χ0v) is 18.5. The summed E-state index contributed by atoms with van der Waals surface area (Å²) in [4.78, 5) is 46.0. The summed E-state index contributed by atoms with van der Waals surface area (Å²) in [5, 5.41) is 27.6. The van der Waals surface area contributed by atoms with Gasteiger partial charge in [-0.25, -0.2) is 0 Å². The lowest BCUT2D eigenvalue weighted by molar-refractivity contribution is -0.385. The smallest absolute Gasteiger partial charge is 0.273 e. The quantitative estimate of drug-likeness (QED) is 0.383. The van der Waals surface area contributed by atoms with E-state index in [2.05, 4.69) is 10.6 Å². The number of rotatable bonds is 8. The van der Waals surface area contributed by atoms with Gasteiger partial charge in [0.25, 0.3) is 23.2 Å². The molecule has 0 bridgehead atoms. The van der Waals surface area contributed by atoms with Crippen LogP contribution in [0.15, 0.2) is 60.7 Å². The number of nitrogens with one attached hydrogen (secondary N) is 2. The van der Waals surface area contributed by atoms with Crippen LogP contribution in [-0.4, -0.2) is 21.7 Å². The van der Waals surface area contributed by atoms with Crippen molar-refractivity contribution in [1.82, 2.24) is 10.6 Å². The van der Waals surface area contributed by atoms with Crippen LogP contribution in [0.5, 0.6) is 0 Å². The van der Waals surface area contributed by atoms with Crippen LogP contribution < -0.4 is 10.6 Å². The van der Waals surface area contributed by atoms with Gasteiger partial charge in [0.15, 0.2) is 0 Å². The molecule has 0 atom stereocenters. The molecule has 0 unspecified atom stereocenters. The molecule has 3 aromatic carbocycles. The molecule has 0 heterocycles. The molecule has 2 N–H and O–H groups in total. The fourth-order valence-electron chi connectivity index (χ4n) is 3.46. The average molecular weight is 462 g/mol. The van der Waals surface area contributed by atoms with E-state index in [1.54, 1.807) is 24.3 Å². The van der Waals surface area contributed by atoms with Crippen molar-refractivity contribution in [3.8, 4) is 0 Å². The highest BCUT2D eigenvalue weighted by molar-refractivity contribution is 5.97. The molecule has 174 valence electrons. The minimum Gasteiger partial charge on any atom is -0.348 e. The molecule has 0 aliphatic heterocycles. The maximum absolute atomic E-state index is 12.5. The molecule has 10 heteroatoms. The van der Waals surface area contributed by atoms with Crippen LogP contribution in [0.2, 0.25) is 0 Å². The number of nitro benzene ring substituents is 2. The molecular weight excluding hydrogens is 440 g/mol. The fourth-order valence-corrected chi connectivity index (χ4v) is 3.46. The molecule has 2 amide bonds. The highest BCUT2D eigenvalue weighted by Crippen LogP contribution is 2.22. The number of amides is 2. The number of hydrogen-bond donors (Lipinski definition) is 2. The Bertz CT molecular complexity index is 1170. The van der Waals surface area contributed by atoms with E-state index in [1.165, 1.54) is 50.2 Å². The molecule has 0 aliphatic rings. The van der Waals surface area contributed by atoms with Crippen molar-refractivity contribution in [2.24, 2.45) is 0 Å². The van der Waals surface area contributed by atoms with Gasteiger partial charge >= 0.3 is 0 Å². The summed E-state index contributed by atoms with van der Waals surface area (Å²) in [7, 11) is 0. The van der Waals surface area contributed by atoms with Crippen molar-refractivity contribution in [3.05, 3.63) is 114 Å². The van der Waals surface area contributed by atoms with E-state index in [4.69, 9.17) is 0 Å². The first-order valence-corrected chi connectivity index (χ1v) is 10.3. The number of nitrogens with zero attached hydrogens (tertiary/aromatic N) is 2. The van der Waals surface area contributed by atoms with E-state index >= 15 is 0 Å². The monoisotopic (exact) mass is 462 g/mol. The Morgan fingerprint density at radius 3 is 1.35 bits per heavy atom. The molecule has 0 fully saturated rings. The maximum atomic E-state index is 12.5. The third-order valence-electron chi connectivity index (χ3n) is 5.42. The highest BCUT2D eigenvalue weighted by atomic mass is 16.6. The maximum Gasteiger partial charge on any atom is 0.273 e. The van der Waals surface area contributed by atoms with E-state index in [-0.39, 0.29) is 35.6 Å². The zero-order chi connectivity index (χ0) is 24.8. The topological polar surface area (TPSA) is 144 Å². The van der Waals surface area contributed by atoms with Gasteiger partial charge in [-0.15, -0.1) is 0 Å². The van der Waals surface area contributed by atoms with E-state index in [1.807, 2.05) is 0 Å². The van der Waals surface area contributed by atoms with Gasteiger partial charge in [-0.2, -0.15) is 0 Å². The van der Waals surface area contributed by atoms with Crippen LogP contribution in [0.1, 0.15) is 43.0 Å². The number of benzene rings is 3. The Hall–Kier alpha value is -4.60. The fraction of sp³-hybridized carbons (Fsp3) is 0.167. The minimum atomic E-state index is -0.524. The van der Waals surface area contributed by atoms with Gasteiger partial charge in [-0.3, -0.25) is 29.8 Å². The molecule has 0 aliphatic carbocycles. The lowest BCUT2D eigenvalue weighted by atomic mass is 10.1. The van der Waals surface area contributed by atoms with Gasteiger partial charge in [0.1, 0.15) is 0 Å². The second-order valence-corrected chi connectivity index (χ2v) is 7.60. The normalized spacial score (nSPS) is 10.4. The Balaban J connectivity index is 1.58. The predicted octanol–water partition coefficient (Wildman–Crippen LogP) is 3.98. The average Bonchev–Trinajstić information content (AvgIpc) is 2.81. The molecule has 34 heavy (non-hydrogen) atoms. The first-order valence-electron chi connectivity index (χ1n) is 10.3. The molecule has 3 rings (SSSR count). The van der Waals surface area contributed by atoms with Crippen LogP contribution in [0, 0.1) is 34.1 Å². The molecule has 0 aromatic heterocycles. The lowest BCUT2D eigenvalue weighted by Gasteiger charge is -2.10. The molecular formula is C24H22N4O6. The van der Waals surface area contributed by atoms with Crippen molar-refractivity contribution in [2.75, 3.05) is 0 Å². The van der Waals surface area contributed by atoms with Gasteiger partial charge in [-0.05, 0) is 37.1 Å². The molecule has 3 aromatic rings. The Kier molecular flexibility index (Phi) is 7.32. The van der Waals surface area contributed by atoms with Gasteiger partial charge in [0.05, 0.1) is 9.85 Å². The van der Waals surface area contributed by atoms with E-state index in [0.717, 1.165) is 11.1 Å². The van der Waals surface area contributed by atoms with Crippen LogP contribution in [0.3, 0.4) is 0 Å². The molecule has 0 radical (unpaired) electrons. The Morgan fingerprint density at radius 2 is 1.03 bits per heavy atom. The Labute approximate surface area is 194 Å². The number of nitro groups is 2. The van der Waals surface area contributed by atoms with Crippen LogP contribution >= 0.6 is 0 Å². The minimum absolute atomic E-state index is 0.112. The van der Waals surface area contributed by atoms with Gasteiger partial charge in [0, 0.05) is 47.5 Å². The van der Waals surface area contributed by atoms with Gasteiger partial charge in [0.2, 0.25) is 0 Å². The molecule has 0 spiro atoms. The second-order valence-electron chi connectivity index (χ2n) is 7.60. The second kappa shape index (κ2) is 10.3. The SMILES string of the molecule is Cc1c(C(=O)NCc2ccc(CNC(=O)c3cccc([N+](=O)[O-])c3C)cc2)cccc1[N+](=O)[O-]. The standard InChI is InChI=1S/C24H22N4O6/c1-15-19(5-3-7-21(15)27(31)32)23(29)25-13-17-9-11-18(12-10-17)14-26-24(30)20-6-4-8-22(16(20)2)28(33)34/h3-12H,13-14H2,1-2H3,(H,25,29)(H,26,30). The van der Waals surface area contributed by atoms with E-state index in [0.29, 0.717) is 11.1 Å². The van der Waals surface area contributed by atoms with Crippen LogP contribution in [0.4, 0.5) is 11.4 Å². The zero-order valence-electron chi connectivity index (χ0n) is 18.5. The third-order valence-corrected chi connectivity index (χ3v) is 5.42. The van der Waals surface area contributed by atoms with Crippen molar-refractivity contribution in [3.63, 3.8) is 0 Å². The largest absolute Gasteiger partial charge is 0.348 e. The number of hydrogen-bond acceptors (Lipinski definition) is 6. The van der Waals surface area contributed by atoms with Crippen LogP contribution in [0.25, 0.3) is 0 Å². The summed E-state index contributed by atoms with van der Waals surface area (Å²) in [6.45, 7) is 3.51. The third kappa shape index (κ3) is 5.41. The summed E-state index contributed by atoms with van der Waals surface area (Å²) < 4.78 is 0. The summed E-state index contributed by atoms with van der Waals surface area (Å²) in [6, 6.07) is 15.9. The number of carbonyl (C=O) groups excluding carboxylic acids is 2. The van der Waals surface area contributed by atoms with Crippen molar-refractivity contribution >= 4 is 23.2 Å². The summed E-state index contributed by atoms with van der Waals surface area (Å²) in [6.07, 6.45) is 0. The molecule has 0 saturated carbocycles. The van der Waals surface area contributed by atoms with Crippen molar-refractivity contribution in [1.29, 1.82) is 0 Å². The summed E-state index contributed by atoms with van der Waals surface area (Å²) in [5.41, 5.74) is 2.47. The van der Waals surface area contributed by atoms with Gasteiger partial charge in [-0.1, -0.05) is 36.4 Å². The molecule has 10 nitrogen and oxygen atoms in total. The van der Waals surface area contributed by atoms with Crippen molar-refractivity contribution in [2.45, 2.75) is 26.9 Å². The van der Waals surface area contributed by atoms with E-state index in [9.17, 15) is 29.8 Å². The first kappa shape index (κ1) is 24.1. The first-order chi connectivity index (χ1) is 16.2. The van der Waals surface area contributed by atoms with Gasteiger partial charge < -0.3 is 10.6 Å². The summed E-state index contributed by atoms with van der Waals surface area (Å²) in [5.74, 6) is -0.824. The summed E-state index contributed by atoms with van der Waals surface area (Å²) >= 11 is 0.